The summed E-state index contributed by atoms with van der Waals surface area (Å²) in [7, 11) is 4.96. The lowest BCUT2D eigenvalue weighted by Crippen LogP contribution is -2.20. The third-order valence-corrected chi connectivity index (χ3v) is 0.760. The van der Waals surface area contributed by atoms with Gasteiger partial charge >= 0.3 is 5.97 Å². The van der Waals surface area contributed by atoms with Crippen molar-refractivity contribution in [3.05, 3.63) is 0 Å². The maximum absolute atomic E-state index is 10.1. The predicted octanol–water partition coefficient (Wildman–Crippen LogP) is -1.10. The largest absolute Gasteiger partial charge is 0.481 e. The van der Waals surface area contributed by atoms with E-state index in [0.717, 1.165) is 0 Å². The van der Waals surface area contributed by atoms with E-state index in [2.05, 4.69) is 5.73 Å². The zero-order valence-electron chi connectivity index (χ0n) is 4.70. The molecule has 1 atom stereocenters. The molecule has 0 fully saturated rings. The van der Waals surface area contributed by atoms with E-state index >= 15 is 0 Å². The summed E-state index contributed by atoms with van der Waals surface area (Å²) in [5, 5.41) is 8.04. The average Bonchev–Trinajstić information content (AvgIpc) is 1.63. The Hall–Kier alpha value is -0.995. The zero-order chi connectivity index (χ0) is 7.44. The molecule has 4 nitrogen and oxygen atoms in total. The molecule has 0 bridgehead atoms. The molecule has 1 amide bonds. The standard InChI is InChI=1S/C4H6BNO3/c5-2(4(6)9)1-3(7)8/h2H,1H2,(H2,6,9)(H,7,8). The molecular formula is C4H6BNO3. The van der Waals surface area contributed by atoms with Gasteiger partial charge in [-0.1, -0.05) is 0 Å². The van der Waals surface area contributed by atoms with Gasteiger partial charge < -0.3 is 10.8 Å². The fourth-order valence-electron chi connectivity index (χ4n) is 0.289. The van der Waals surface area contributed by atoms with Gasteiger partial charge in [-0.25, -0.2) is 0 Å². The van der Waals surface area contributed by atoms with Crippen LogP contribution in [0.25, 0.3) is 0 Å². The predicted molar refractivity (Wildman–Crippen MR) is 31.0 cm³/mol. The summed E-state index contributed by atoms with van der Waals surface area (Å²) in [4.78, 5) is 19.9. The summed E-state index contributed by atoms with van der Waals surface area (Å²) >= 11 is 0. The van der Waals surface area contributed by atoms with E-state index in [-0.39, 0.29) is 0 Å². The van der Waals surface area contributed by atoms with Crippen LogP contribution in [0.1, 0.15) is 6.42 Å². The second kappa shape index (κ2) is 3.12. The SMILES string of the molecule is [B]C(CC(=O)O)C(N)=O. The van der Waals surface area contributed by atoms with Gasteiger partial charge in [0.25, 0.3) is 0 Å². The Labute approximate surface area is 53.4 Å². The lowest BCUT2D eigenvalue weighted by molar-refractivity contribution is -0.138. The van der Waals surface area contributed by atoms with Crippen molar-refractivity contribution in [2.45, 2.75) is 12.2 Å². The highest BCUT2D eigenvalue weighted by Crippen LogP contribution is 2.01. The Bertz CT molecular complexity index is 136. The second-order valence-corrected chi connectivity index (χ2v) is 1.61. The summed E-state index contributed by atoms with van der Waals surface area (Å²) in [5.41, 5.74) is 4.66. The van der Waals surface area contributed by atoms with Crippen molar-refractivity contribution in [1.82, 2.24) is 0 Å². The number of primary amides is 1. The zero-order valence-corrected chi connectivity index (χ0v) is 4.70. The van der Waals surface area contributed by atoms with Gasteiger partial charge in [0, 0.05) is 12.2 Å². The van der Waals surface area contributed by atoms with Gasteiger partial charge in [0.15, 0.2) is 0 Å². The minimum atomic E-state index is -1.12. The van der Waals surface area contributed by atoms with Crippen LogP contribution in [0.3, 0.4) is 0 Å². The molecule has 5 heteroatoms. The maximum Gasteiger partial charge on any atom is 0.303 e. The number of hydrogen-bond donors (Lipinski definition) is 2. The van der Waals surface area contributed by atoms with Crippen molar-refractivity contribution in [3.8, 4) is 0 Å². The lowest BCUT2D eigenvalue weighted by Gasteiger charge is -2.00. The fourth-order valence-corrected chi connectivity index (χ4v) is 0.289. The van der Waals surface area contributed by atoms with Crippen molar-refractivity contribution in [2.75, 3.05) is 0 Å². The molecule has 0 aromatic rings. The molecule has 3 N–H and O–H groups in total. The number of carbonyl (C=O) groups excluding carboxylic acids is 1. The first-order chi connectivity index (χ1) is 4.04. The minimum Gasteiger partial charge on any atom is -0.481 e. The van der Waals surface area contributed by atoms with Crippen LogP contribution in [0.5, 0.6) is 0 Å². The van der Waals surface area contributed by atoms with Crippen molar-refractivity contribution in [2.24, 2.45) is 5.73 Å². The minimum absolute atomic E-state index is 0.407. The average molecular weight is 127 g/mol. The highest BCUT2D eigenvalue weighted by Gasteiger charge is 2.11. The highest BCUT2D eigenvalue weighted by molar-refractivity contribution is 6.24. The van der Waals surface area contributed by atoms with E-state index in [1.54, 1.807) is 0 Å². The van der Waals surface area contributed by atoms with Crippen molar-refractivity contribution in [1.29, 1.82) is 0 Å². The number of carboxylic acids is 1. The normalized spacial score (nSPS) is 12.4. The van der Waals surface area contributed by atoms with E-state index in [0.29, 0.717) is 0 Å². The van der Waals surface area contributed by atoms with Gasteiger partial charge in [-0.15, -0.1) is 0 Å². The van der Waals surface area contributed by atoms with E-state index in [9.17, 15) is 9.59 Å². The molecule has 2 radical (unpaired) electrons. The molecule has 0 saturated heterocycles. The van der Waals surface area contributed by atoms with E-state index in [4.69, 9.17) is 13.0 Å². The molecule has 0 rings (SSSR count). The van der Waals surface area contributed by atoms with E-state index < -0.39 is 24.1 Å². The molecule has 0 aromatic carbocycles. The molecule has 0 aliphatic rings. The van der Waals surface area contributed by atoms with Crippen LogP contribution >= 0.6 is 0 Å². The Morgan fingerprint density at radius 2 is 2.11 bits per heavy atom. The van der Waals surface area contributed by atoms with Gasteiger partial charge in [-0.3, -0.25) is 9.59 Å². The summed E-state index contributed by atoms with van der Waals surface area (Å²) < 4.78 is 0. The van der Waals surface area contributed by atoms with Crippen molar-refractivity contribution in [3.63, 3.8) is 0 Å². The summed E-state index contributed by atoms with van der Waals surface area (Å²) in [6, 6.07) is 0. The van der Waals surface area contributed by atoms with Crippen LogP contribution in [0.15, 0.2) is 0 Å². The van der Waals surface area contributed by atoms with Crippen LogP contribution in [-0.4, -0.2) is 24.8 Å². The van der Waals surface area contributed by atoms with Gasteiger partial charge in [-0.2, -0.15) is 0 Å². The molecule has 0 aliphatic carbocycles. The molecule has 9 heavy (non-hydrogen) atoms. The monoisotopic (exact) mass is 127 g/mol. The number of hydrogen-bond acceptors (Lipinski definition) is 2. The third-order valence-electron chi connectivity index (χ3n) is 0.760. The molecule has 0 heterocycles. The smallest absolute Gasteiger partial charge is 0.303 e. The highest BCUT2D eigenvalue weighted by atomic mass is 16.4. The van der Waals surface area contributed by atoms with Crippen LogP contribution in [0, 0.1) is 0 Å². The molecule has 0 spiro atoms. The van der Waals surface area contributed by atoms with Crippen molar-refractivity contribution < 1.29 is 14.7 Å². The quantitative estimate of drug-likeness (QED) is 0.472. The fraction of sp³-hybridized carbons (Fsp3) is 0.500. The second-order valence-electron chi connectivity index (χ2n) is 1.61. The number of nitrogens with two attached hydrogens (primary N) is 1. The van der Waals surface area contributed by atoms with Gasteiger partial charge in [0.2, 0.25) is 5.91 Å². The van der Waals surface area contributed by atoms with Gasteiger partial charge in [0.1, 0.15) is 0 Å². The molecule has 0 saturated carbocycles. The van der Waals surface area contributed by atoms with E-state index in [1.807, 2.05) is 0 Å². The summed E-state index contributed by atoms with van der Waals surface area (Å²) in [6.45, 7) is 0. The summed E-state index contributed by atoms with van der Waals surface area (Å²) in [5.74, 6) is -2.98. The number of carbonyl (C=O) groups is 2. The topological polar surface area (TPSA) is 80.4 Å². The van der Waals surface area contributed by atoms with Gasteiger partial charge in [0.05, 0.1) is 7.85 Å². The van der Waals surface area contributed by atoms with E-state index in [1.165, 1.54) is 0 Å². The first-order valence-corrected chi connectivity index (χ1v) is 2.30. The number of aliphatic carboxylic acids is 1. The first kappa shape index (κ1) is 8.00. The lowest BCUT2D eigenvalue weighted by atomic mass is 9.84. The van der Waals surface area contributed by atoms with Gasteiger partial charge in [-0.05, 0) is 0 Å². The maximum atomic E-state index is 10.1. The van der Waals surface area contributed by atoms with Crippen LogP contribution in [0.2, 0.25) is 5.82 Å². The number of rotatable bonds is 3. The Morgan fingerprint density at radius 3 is 2.22 bits per heavy atom. The molecule has 48 valence electrons. The Kier molecular flexibility index (Phi) is 2.77. The number of amides is 1. The molecular weight excluding hydrogens is 121 g/mol. The van der Waals surface area contributed by atoms with Crippen LogP contribution in [-0.2, 0) is 9.59 Å². The molecule has 1 unspecified atom stereocenters. The van der Waals surface area contributed by atoms with Crippen LogP contribution < -0.4 is 5.73 Å². The number of carboxylic acid groups (broad SMARTS) is 1. The molecule has 0 aliphatic heterocycles. The Balaban J connectivity index is 3.63. The van der Waals surface area contributed by atoms with Crippen molar-refractivity contribution >= 4 is 19.7 Å². The first-order valence-electron chi connectivity index (χ1n) is 2.30. The molecule has 0 aromatic heterocycles. The summed E-state index contributed by atoms with van der Waals surface area (Å²) in [6.07, 6.45) is -0.407. The Morgan fingerprint density at radius 1 is 1.67 bits per heavy atom. The van der Waals surface area contributed by atoms with Crippen LogP contribution in [0.4, 0.5) is 0 Å². The third kappa shape index (κ3) is 3.58.